The maximum atomic E-state index is 11.0. The van der Waals surface area contributed by atoms with Gasteiger partial charge in [-0.05, 0) is 224 Å². The number of rotatable bonds is 10. The van der Waals surface area contributed by atoms with Crippen molar-refractivity contribution < 1.29 is 20.4 Å². The molecule has 4 fully saturated rings. The van der Waals surface area contributed by atoms with Crippen molar-refractivity contribution in [2.75, 3.05) is 0 Å². The van der Waals surface area contributed by atoms with Gasteiger partial charge in [-0.3, -0.25) is 0 Å². The zero-order valence-corrected chi connectivity index (χ0v) is 42.9. The molecular formula is C64H84O4. The molecule has 4 aliphatic carbocycles. The Labute approximate surface area is 410 Å². The Balaban J connectivity index is 0.000000185. The smallest absolute Gasteiger partial charge is 0.119 e. The Hall–Kier alpha value is -4.70. The molecule has 0 saturated heterocycles. The van der Waals surface area contributed by atoms with Crippen molar-refractivity contribution in [1.82, 2.24) is 0 Å². The Morgan fingerprint density at radius 3 is 1.09 bits per heavy atom. The third-order valence-corrected chi connectivity index (χ3v) is 17.2. The fourth-order valence-electron chi connectivity index (χ4n) is 13.6. The van der Waals surface area contributed by atoms with Gasteiger partial charge in [-0.25, -0.2) is 0 Å². The first-order valence-corrected chi connectivity index (χ1v) is 27.2. The van der Waals surface area contributed by atoms with Crippen molar-refractivity contribution >= 4 is 0 Å². The van der Waals surface area contributed by atoms with Crippen molar-refractivity contribution in [3.8, 4) is 23.0 Å². The van der Waals surface area contributed by atoms with Gasteiger partial charge in [-0.2, -0.15) is 0 Å². The van der Waals surface area contributed by atoms with E-state index in [0.717, 1.165) is 40.7 Å². The van der Waals surface area contributed by atoms with E-state index in [1.165, 1.54) is 166 Å². The lowest BCUT2D eigenvalue weighted by Gasteiger charge is -2.30. The van der Waals surface area contributed by atoms with Gasteiger partial charge in [0.15, 0.2) is 0 Å². The van der Waals surface area contributed by atoms with E-state index in [1.807, 2.05) is 30.3 Å². The summed E-state index contributed by atoms with van der Waals surface area (Å²) in [6, 6.07) is 25.6. The number of hydrogen-bond acceptors (Lipinski definition) is 4. The van der Waals surface area contributed by atoms with Gasteiger partial charge >= 0.3 is 0 Å². The largest absolute Gasteiger partial charge is 0.508 e. The molecule has 5 aromatic carbocycles. The molecule has 4 saturated carbocycles. The number of aryl methyl sites for hydroxylation is 5. The second kappa shape index (κ2) is 22.4. The second-order valence-electron chi connectivity index (χ2n) is 22.5. The predicted octanol–water partition coefficient (Wildman–Crippen LogP) is 17.9. The summed E-state index contributed by atoms with van der Waals surface area (Å²) >= 11 is 0. The van der Waals surface area contributed by atoms with Crippen molar-refractivity contribution in [2.24, 2.45) is 5.92 Å². The maximum Gasteiger partial charge on any atom is 0.119 e. The maximum absolute atomic E-state index is 11.0. The summed E-state index contributed by atoms with van der Waals surface area (Å²) in [5.41, 5.74) is 17.5. The van der Waals surface area contributed by atoms with E-state index in [4.69, 9.17) is 0 Å². The number of aromatic hydroxyl groups is 4. The minimum absolute atomic E-state index is 0.0166. The quantitative estimate of drug-likeness (QED) is 0.105. The second-order valence-corrected chi connectivity index (χ2v) is 22.5. The van der Waals surface area contributed by atoms with E-state index in [0.29, 0.717) is 52.6 Å². The first-order valence-electron chi connectivity index (χ1n) is 27.2. The molecule has 0 aromatic heterocycles. The normalized spacial score (nSPS) is 18.4. The molecule has 0 amide bonds. The summed E-state index contributed by atoms with van der Waals surface area (Å²) in [7, 11) is 0. The Bertz CT molecular complexity index is 2340. The summed E-state index contributed by atoms with van der Waals surface area (Å²) in [5, 5.41) is 43.1. The van der Waals surface area contributed by atoms with E-state index in [1.54, 1.807) is 6.07 Å². The van der Waals surface area contributed by atoms with Crippen molar-refractivity contribution in [3.63, 3.8) is 0 Å². The average Bonchev–Trinajstić information content (AvgIpc) is 3.33. The topological polar surface area (TPSA) is 80.9 Å². The van der Waals surface area contributed by atoms with E-state index in [9.17, 15) is 20.4 Å². The highest BCUT2D eigenvalue weighted by molar-refractivity contribution is 5.56. The standard InChI is InChI=1S/C34H42O2.C30H42O2/c1-22-17-23(2)30(20-29(22)25-11-6-4-7-12-25)34(27-15-10-16-28(35)19-27)31-21-32(33(36)18-24(31)3)26-13-8-5-9-14-26;1-19(2)30(24-17-26(28(31)15-20(24)3)22-11-7-5-8-12-22)25-18-27(29(32)16-21(25)4)23-13-9-6-10-14-23/h10,15-21,25-26,34-36H,4-9,11-14H2,1-3H3;15-19,22-23,30-32H,5-14H2,1-4H3. The molecule has 0 radical (unpaired) electrons. The summed E-state index contributed by atoms with van der Waals surface area (Å²) in [6.45, 7) is 15.5. The van der Waals surface area contributed by atoms with Gasteiger partial charge in [-0.1, -0.05) is 133 Å². The van der Waals surface area contributed by atoms with Crippen molar-refractivity contribution in [2.45, 2.75) is 212 Å². The van der Waals surface area contributed by atoms with Crippen molar-refractivity contribution in [3.05, 3.63) is 151 Å². The third kappa shape index (κ3) is 11.2. The number of phenolic OH excluding ortho intramolecular Hbond substituents is 4. The molecule has 4 nitrogen and oxygen atoms in total. The fourth-order valence-corrected chi connectivity index (χ4v) is 13.6. The van der Waals surface area contributed by atoms with Crippen LogP contribution in [-0.4, -0.2) is 20.4 Å². The van der Waals surface area contributed by atoms with Crippen LogP contribution >= 0.6 is 0 Å². The number of phenols is 4. The number of benzene rings is 5. The lowest BCUT2D eigenvalue weighted by molar-refractivity contribution is 0.412. The van der Waals surface area contributed by atoms with Crippen LogP contribution in [0.25, 0.3) is 0 Å². The van der Waals surface area contributed by atoms with Gasteiger partial charge in [0.05, 0.1) is 0 Å². The Morgan fingerprint density at radius 1 is 0.368 bits per heavy atom. The minimum Gasteiger partial charge on any atom is -0.508 e. The molecule has 4 heteroatoms. The summed E-state index contributed by atoms with van der Waals surface area (Å²) in [5.74, 6) is 4.45. The highest BCUT2D eigenvalue weighted by Crippen LogP contribution is 2.48. The van der Waals surface area contributed by atoms with Crippen LogP contribution in [0, 0.1) is 40.5 Å². The first-order chi connectivity index (χ1) is 32.8. The minimum atomic E-state index is 0.0166. The van der Waals surface area contributed by atoms with Gasteiger partial charge in [0.2, 0.25) is 0 Å². The summed E-state index contributed by atoms with van der Waals surface area (Å²) in [6.07, 6.45) is 25.1. The molecule has 0 aliphatic heterocycles. The molecule has 0 heterocycles. The van der Waals surface area contributed by atoms with E-state index >= 15 is 0 Å². The molecule has 9 rings (SSSR count). The lowest BCUT2D eigenvalue weighted by atomic mass is 9.74. The third-order valence-electron chi connectivity index (χ3n) is 17.2. The van der Waals surface area contributed by atoms with Crippen LogP contribution in [0.15, 0.2) is 72.8 Å². The van der Waals surface area contributed by atoms with Gasteiger partial charge in [0, 0.05) is 11.8 Å². The Kier molecular flexibility index (Phi) is 16.4. The van der Waals surface area contributed by atoms with Crippen LogP contribution in [0.1, 0.15) is 256 Å². The molecule has 4 N–H and O–H groups in total. The molecule has 364 valence electrons. The van der Waals surface area contributed by atoms with Crippen LogP contribution in [-0.2, 0) is 0 Å². The van der Waals surface area contributed by atoms with Gasteiger partial charge < -0.3 is 20.4 Å². The van der Waals surface area contributed by atoms with Gasteiger partial charge in [0.1, 0.15) is 23.0 Å². The molecule has 0 spiro atoms. The van der Waals surface area contributed by atoms with Crippen LogP contribution in [0.3, 0.4) is 0 Å². The number of hydrogen-bond donors (Lipinski definition) is 4. The molecule has 1 atom stereocenters. The highest BCUT2D eigenvalue weighted by Gasteiger charge is 2.30. The molecule has 1 unspecified atom stereocenters. The van der Waals surface area contributed by atoms with Crippen LogP contribution in [0.2, 0.25) is 0 Å². The van der Waals surface area contributed by atoms with Crippen molar-refractivity contribution in [1.29, 1.82) is 0 Å². The fraction of sp³-hybridized carbons (Fsp3) is 0.531. The van der Waals surface area contributed by atoms with Crippen LogP contribution in [0.5, 0.6) is 23.0 Å². The molecule has 0 bridgehead atoms. The zero-order chi connectivity index (χ0) is 48.1. The molecule has 5 aromatic rings. The first kappa shape index (κ1) is 49.7. The molecular weight excluding hydrogens is 833 g/mol. The predicted molar refractivity (Wildman–Crippen MR) is 283 cm³/mol. The summed E-state index contributed by atoms with van der Waals surface area (Å²) in [4.78, 5) is 0. The highest BCUT2D eigenvalue weighted by atomic mass is 16.3. The van der Waals surface area contributed by atoms with Crippen LogP contribution < -0.4 is 0 Å². The zero-order valence-electron chi connectivity index (χ0n) is 42.9. The summed E-state index contributed by atoms with van der Waals surface area (Å²) < 4.78 is 0. The van der Waals surface area contributed by atoms with Gasteiger partial charge in [0.25, 0.3) is 0 Å². The van der Waals surface area contributed by atoms with E-state index in [-0.39, 0.29) is 11.8 Å². The van der Waals surface area contributed by atoms with E-state index < -0.39 is 0 Å². The lowest BCUT2D eigenvalue weighted by Crippen LogP contribution is -2.15. The average molecular weight is 917 g/mol. The molecule has 68 heavy (non-hydrogen) atoms. The monoisotopic (exact) mass is 917 g/mol. The molecule has 4 aliphatic rings. The van der Waals surface area contributed by atoms with E-state index in [2.05, 4.69) is 84.9 Å². The van der Waals surface area contributed by atoms with Gasteiger partial charge in [-0.15, -0.1) is 0 Å². The van der Waals surface area contributed by atoms with Crippen LogP contribution in [0.4, 0.5) is 0 Å². The Morgan fingerprint density at radius 2 is 0.706 bits per heavy atom. The SMILES string of the molecule is Cc1cc(C)c(C(c2cccc(O)c2)c2cc(C3CCCCC3)c(O)cc2C)cc1C1CCCCC1.Cc1cc(O)c(C2CCCCC2)cc1C(c1cc(C2CCCCC2)c(O)cc1C)C(C)C.